The van der Waals surface area contributed by atoms with Crippen LogP contribution in [0.1, 0.15) is 59.8 Å². The SMILES string of the molecule is CCC(=O)OS.C[C@H]1CC2C3CCC(C(=O)SCF)C3(C)C[C@H](O)[C@]2(F)C2(C)C=CC(=O)C=C12. The molecule has 1 N–H and O–H groups in total. The number of hydrogen-bond acceptors (Lipinski definition) is 7. The van der Waals surface area contributed by atoms with Crippen LogP contribution in [0.15, 0.2) is 23.8 Å². The van der Waals surface area contributed by atoms with Gasteiger partial charge in [-0.1, -0.05) is 44.2 Å². The minimum atomic E-state index is -1.88. The second-order valence-electron chi connectivity index (χ2n) is 10.4. The fraction of sp³-hybridized carbons (Fsp3) is 0.720. The monoisotopic (exact) mass is 516 g/mol. The maximum absolute atomic E-state index is 16.9. The van der Waals surface area contributed by atoms with Gasteiger partial charge in [0.2, 0.25) is 0 Å². The number of thiol groups is 1. The van der Waals surface area contributed by atoms with E-state index in [1.54, 1.807) is 26.0 Å². The lowest BCUT2D eigenvalue weighted by Gasteiger charge is -2.63. The van der Waals surface area contributed by atoms with E-state index in [0.717, 1.165) is 5.57 Å². The zero-order chi connectivity index (χ0) is 25.5. The summed E-state index contributed by atoms with van der Waals surface area (Å²) in [5.41, 5.74) is -2.66. The first-order valence-corrected chi connectivity index (χ1v) is 13.1. The zero-order valence-electron chi connectivity index (χ0n) is 20.1. The number of aliphatic hydroxyl groups is 1. The lowest BCUT2D eigenvalue weighted by Crippen LogP contribution is -2.67. The molecule has 0 saturated heterocycles. The topological polar surface area (TPSA) is 80.7 Å². The van der Waals surface area contributed by atoms with Crippen molar-refractivity contribution in [1.82, 2.24) is 0 Å². The Morgan fingerprint density at radius 1 is 1.29 bits per heavy atom. The van der Waals surface area contributed by atoms with Gasteiger partial charge in [-0.3, -0.25) is 14.4 Å². The van der Waals surface area contributed by atoms with E-state index in [4.69, 9.17) is 0 Å². The molecule has 3 saturated carbocycles. The van der Waals surface area contributed by atoms with Gasteiger partial charge >= 0.3 is 5.97 Å². The van der Waals surface area contributed by atoms with Crippen LogP contribution in [-0.4, -0.2) is 39.8 Å². The highest BCUT2D eigenvalue weighted by molar-refractivity contribution is 8.13. The third-order valence-corrected chi connectivity index (χ3v) is 9.72. The standard InChI is InChI=1S/C22H28F2O3S.C3H6O2S/c1-12-8-17-14-4-5-15(19(27)28-11-23)20(14,2)10-18(26)22(17,24)21(3)7-6-13(25)9-16(12)21;1-2-3(4)5-6/h6-7,9,12,14-15,17-18,26H,4-5,8,10-11H2,1-3H3;6H,2H2,1H3/t12-,14?,15?,17?,18-,20?,21?,22-;/m0./s1. The van der Waals surface area contributed by atoms with Gasteiger partial charge in [0, 0.05) is 36.6 Å². The molecule has 0 aromatic heterocycles. The van der Waals surface area contributed by atoms with E-state index in [2.05, 4.69) is 17.1 Å². The average Bonchev–Trinajstić information content (AvgIpc) is 3.13. The fourth-order valence-corrected chi connectivity index (χ4v) is 8.03. The number of alkyl halides is 2. The van der Waals surface area contributed by atoms with Crippen LogP contribution >= 0.6 is 24.7 Å². The summed E-state index contributed by atoms with van der Waals surface area (Å²) in [6.07, 6.45) is 5.84. The summed E-state index contributed by atoms with van der Waals surface area (Å²) >= 11 is 3.94. The summed E-state index contributed by atoms with van der Waals surface area (Å²) in [4.78, 5) is 34.4. The van der Waals surface area contributed by atoms with Crippen LogP contribution < -0.4 is 0 Å². The maximum atomic E-state index is 16.9. The van der Waals surface area contributed by atoms with Crippen LogP contribution in [0.3, 0.4) is 0 Å². The third-order valence-electron chi connectivity index (χ3n) is 8.84. The zero-order valence-corrected chi connectivity index (χ0v) is 21.8. The molecule has 4 aliphatic rings. The van der Waals surface area contributed by atoms with Crippen molar-refractivity contribution in [3.63, 3.8) is 0 Å². The van der Waals surface area contributed by atoms with Crippen molar-refractivity contribution in [2.24, 2.45) is 34.5 Å². The Labute approximate surface area is 209 Å². The van der Waals surface area contributed by atoms with Gasteiger partial charge in [-0.25, -0.2) is 8.78 Å². The van der Waals surface area contributed by atoms with Crippen molar-refractivity contribution >= 4 is 41.5 Å². The highest BCUT2D eigenvalue weighted by Crippen LogP contribution is 2.69. The number of aliphatic hydroxyl groups excluding tert-OH is 1. The van der Waals surface area contributed by atoms with E-state index in [1.165, 1.54) is 6.08 Å². The highest BCUT2D eigenvalue weighted by atomic mass is 32.2. The predicted molar refractivity (Wildman–Crippen MR) is 130 cm³/mol. The Bertz CT molecular complexity index is 902. The molecule has 4 aliphatic carbocycles. The Morgan fingerprint density at radius 2 is 1.97 bits per heavy atom. The summed E-state index contributed by atoms with van der Waals surface area (Å²) in [6.45, 7) is 7.50. The lowest BCUT2D eigenvalue weighted by molar-refractivity contribution is -0.199. The number of rotatable bonds is 3. The van der Waals surface area contributed by atoms with Gasteiger partial charge in [0.25, 0.3) is 0 Å². The van der Waals surface area contributed by atoms with E-state index in [1.807, 2.05) is 13.8 Å². The van der Waals surface area contributed by atoms with Crippen LogP contribution in [-0.2, 0) is 18.6 Å². The molecule has 0 bridgehead atoms. The molecule has 0 radical (unpaired) electrons. The van der Waals surface area contributed by atoms with Crippen molar-refractivity contribution in [3.8, 4) is 0 Å². The summed E-state index contributed by atoms with van der Waals surface area (Å²) in [6, 6.07) is -0.753. The molecule has 8 atom stereocenters. The third kappa shape index (κ3) is 4.19. The summed E-state index contributed by atoms with van der Waals surface area (Å²) < 4.78 is 33.6. The molecule has 34 heavy (non-hydrogen) atoms. The van der Waals surface area contributed by atoms with E-state index in [9.17, 15) is 23.9 Å². The normalized spacial score (nSPS) is 42.4. The largest absolute Gasteiger partial charge is 0.395 e. The van der Waals surface area contributed by atoms with Gasteiger partial charge < -0.3 is 9.29 Å². The predicted octanol–water partition coefficient (Wildman–Crippen LogP) is 5.19. The Balaban J connectivity index is 0.000000481. The van der Waals surface area contributed by atoms with Crippen LogP contribution in [0.2, 0.25) is 0 Å². The van der Waals surface area contributed by atoms with Crippen molar-refractivity contribution in [3.05, 3.63) is 23.8 Å². The van der Waals surface area contributed by atoms with Gasteiger partial charge in [0.1, 0.15) is 6.01 Å². The first-order valence-electron chi connectivity index (χ1n) is 11.8. The highest BCUT2D eigenvalue weighted by Gasteiger charge is 2.71. The molecule has 5 unspecified atom stereocenters. The minimum Gasteiger partial charge on any atom is -0.395 e. The molecular formula is C25H34F2O5S2. The van der Waals surface area contributed by atoms with Gasteiger partial charge in [-0.15, -0.1) is 0 Å². The minimum absolute atomic E-state index is 0.0253. The first-order chi connectivity index (χ1) is 15.9. The maximum Gasteiger partial charge on any atom is 0.317 e. The second-order valence-corrected chi connectivity index (χ2v) is 11.5. The lowest BCUT2D eigenvalue weighted by atomic mass is 9.44. The van der Waals surface area contributed by atoms with Crippen molar-refractivity contribution < 1.29 is 32.5 Å². The van der Waals surface area contributed by atoms with Crippen molar-refractivity contribution in [2.45, 2.75) is 71.6 Å². The summed E-state index contributed by atoms with van der Waals surface area (Å²) in [5.74, 6) is -1.19. The van der Waals surface area contributed by atoms with Crippen LogP contribution in [0, 0.1) is 34.5 Å². The molecule has 0 amide bonds. The molecule has 4 rings (SSSR count). The van der Waals surface area contributed by atoms with Crippen molar-refractivity contribution in [2.75, 3.05) is 6.01 Å². The molecule has 9 heteroatoms. The smallest absolute Gasteiger partial charge is 0.317 e. The van der Waals surface area contributed by atoms with Crippen LogP contribution in [0.25, 0.3) is 0 Å². The molecule has 190 valence electrons. The van der Waals surface area contributed by atoms with Crippen LogP contribution in [0.4, 0.5) is 8.78 Å². The van der Waals surface area contributed by atoms with E-state index >= 15 is 4.39 Å². The van der Waals surface area contributed by atoms with E-state index in [0.29, 0.717) is 37.4 Å². The van der Waals surface area contributed by atoms with Gasteiger partial charge in [-0.05, 0) is 62.0 Å². The van der Waals surface area contributed by atoms with E-state index < -0.39 is 34.5 Å². The number of thioether (sulfide) groups is 1. The van der Waals surface area contributed by atoms with Gasteiger partial charge in [0.15, 0.2) is 16.6 Å². The van der Waals surface area contributed by atoms with Crippen LogP contribution in [0.5, 0.6) is 0 Å². The van der Waals surface area contributed by atoms with Crippen molar-refractivity contribution in [1.29, 1.82) is 0 Å². The van der Waals surface area contributed by atoms with E-state index in [-0.39, 0.29) is 41.0 Å². The fourth-order valence-electron chi connectivity index (χ4n) is 7.20. The number of halogens is 2. The number of carbonyl (C=O) groups excluding carboxylic acids is 3. The molecule has 0 aromatic rings. The van der Waals surface area contributed by atoms with Gasteiger partial charge in [0.05, 0.1) is 6.10 Å². The number of allylic oxidation sites excluding steroid dienone is 4. The number of ketones is 1. The number of fused-ring (bicyclic) bond motifs is 5. The number of hydrogen-bond donors (Lipinski definition) is 2. The Morgan fingerprint density at radius 3 is 2.53 bits per heavy atom. The molecule has 0 spiro atoms. The molecule has 0 heterocycles. The Kier molecular flexibility index (Phi) is 8.10. The summed E-state index contributed by atoms with van der Waals surface area (Å²) in [5, 5.41) is 11.0. The summed E-state index contributed by atoms with van der Waals surface area (Å²) in [7, 11) is 0. The first kappa shape index (κ1) is 27.4. The number of carbonyl (C=O) groups is 3. The molecular weight excluding hydrogens is 482 g/mol. The molecule has 0 aromatic carbocycles. The quantitative estimate of drug-likeness (QED) is 0.397. The molecule has 0 aliphatic heterocycles. The Hall–Kier alpha value is -1.19. The van der Waals surface area contributed by atoms with Gasteiger partial charge in [-0.2, -0.15) is 0 Å². The molecule has 3 fully saturated rings. The average molecular weight is 517 g/mol. The molecule has 5 nitrogen and oxygen atoms in total. The second kappa shape index (κ2) is 10.1.